The Bertz CT molecular complexity index is 575. The number of carbonyl (C=O) groups is 3. The highest BCUT2D eigenvalue weighted by Gasteiger charge is 2.48. The predicted octanol–water partition coefficient (Wildman–Crippen LogP) is 2.26. The molecule has 1 aliphatic rings. The third kappa shape index (κ3) is 2.00. The zero-order chi connectivity index (χ0) is 14.4. The van der Waals surface area contributed by atoms with Gasteiger partial charge < -0.3 is 0 Å². The summed E-state index contributed by atoms with van der Waals surface area (Å²) < 4.78 is 0. The van der Waals surface area contributed by atoms with E-state index >= 15 is 0 Å². The zero-order valence-electron chi connectivity index (χ0n) is 10.8. The minimum Gasteiger partial charge on any atom is -0.276 e. The topological polar surface area (TPSA) is 66.5 Å². The maximum atomic E-state index is 12.4. The summed E-state index contributed by atoms with van der Waals surface area (Å²) in [6, 6.07) is 4.29. The first kappa shape index (κ1) is 13.5. The van der Waals surface area contributed by atoms with Crippen molar-refractivity contribution in [2.24, 2.45) is 5.41 Å². The van der Waals surface area contributed by atoms with E-state index in [-0.39, 0.29) is 5.02 Å². The van der Waals surface area contributed by atoms with Crippen molar-refractivity contribution >= 4 is 35.1 Å². The molecule has 0 unspecified atom stereocenters. The van der Waals surface area contributed by atoms with Gasteiger partial charge in [0.2, 0.25) is 11.8 Å². The van der Waals surface area contributed by atoms with Crippen molar-refractivity contribution < 1.29 is 14.4 Å². The molecule has 0 spiro atoms. The molecule has 1 fully saturated rings. The summed E-state index contributed by atoms with van der Waals surface area (Å²) in [5.74, 6) is -1.19. The summed E-state index contributed by atoms with van der Waals surface area (Å²) in [6.45, 7) is 4.68. The number of benzene rings is 1. The first-order valence-corrected chi connectivity index (χ1v) is 6.09. The molecule has 0 aliphatic carbocycles. The van der Waals surface area contributed by atoms with E-state index in [4.69, 9.17) is 11.6 Å². The van der Waals surface area contributed by atoms with E-state index in [9.17, 15) is 14.4 Å². The first-order valence-electron chi connectivity index (χ1n) is 5.72. The molecule has 1 N–H and O–H groups in total. The van der Waals surface area contributed by atoms with E-state index < -0.39 is 23.3 Å². The van der Waals surface area contributed by atoms with Gasteiger partial charge in [0, 0.05) is 0 Å². The number of hydrogen-bond acceptors (Lipinski definition) is 3. The van der Waals surface area contributed by atoms with Crippen LogP contribution in [0.25, 0.3) is 0 Å². The minimum atomic E-state index is -1.31. The lowest BCUT2D eigenvalue weighted by Crippen LogP contribution is -2.62. The Morgan fingerprint density at radius 3 is 2.42 bits per heavy atom. The second-order valence-electron chi connectivity index (χ2n) is 4.93. The number of amides is 4. The molecule has 0 bridgehead atoms. The van der Waals surface area contributed by atoms with Gasteiger partial charge in [-0.2, -0.15) is 0 Å². The molecule has 0 radical (unpaired) electrons. The third-order valence-electron chi connectivity index (χ3n) is 3.14. The van der Waals surface area contributed by atoms with Gasteiger partial charge >= 0.3 is 6.03 Å². The molecule has 1 heterocycles. The lowest BCUT2D eigenvalue weighted by atomic mass is 9.88. The van der Waals surface area contributed by atoms with Gasteiger partial charge in [-0.1, -0.05) is 23.7 Å². The van der Waals surface area contributed by atoms with Crippen molar-refractivity contribution in [3.8, 4) is 0 Å². The lowest BCUT2D eigenvalue weighted by Gasteiger charge is -2.35. The molecule has 1 saturated heterocycles. The molecule has 5 nitrogen and oxygen atoms in total. The van der Waals surface area contributed by atoms with Gasteiger partial charge in [-0.15, -0.1) is 0 Å². The van der Waals surface area contributed by atoms with Gasteiger partial charge in [-0.25, -0.2) is 9.69 Å². The lowest BCUT2D eigenvalue weighted by molar-refractivity contribution is -0.140. The predicted molar refractivity (Wildman–Crippen MR) is 71.0 cm³/mol. The fourth-order valence-corrected chi connectivity index (χ4v) is 2.19. The summed E-state index contributed by atoms with van der Waals surface area (Å²) in [7, 11) is 0. The Kier molecular flexibility index (Phi) is 3.10. The molecule has 1 aromatic rings. The molecular weight excluding hydrogens is 268 g/mol. The van der Waals surface area contributed by atoms with Gasteiger partial charge in [0.05, 0.1) is 10.7 Å². The molecular formula is C13H13ClN2O3. The van der Waals surface area contributed by atoms with Crippen LogP contribution >= 0.6 is 11.6 Å². The number of barbiturate groups is 1. The monoisotopic (exact) mass is 280 g/mol. The third-order valence-corrected chi connectivity index (χ3v) is 3.45. The van der Waals surface area contributed by atoms with Crippen molar-refractivity contribution in [2.45, 2.75) is 20.8 Å². The van der Waals surface area contributed by atoms with Crippen LogP contribution in [0.5, 0.6) is 0 Å². The Hall–Kier alpha value is -1.88. The maximum absolute atomic E-state index is 12.4. The fourth-order valence-electron chi connectivity index (χ4n) is 1.89. The highest BCUT2D eigenvalue weighted by atomic mass is 35.5. The highest BCUT2D eigenvalue weighted by molar-refractivity contribution is 6.37. The molecule has 1 aromatic carbocycles. The number of rotatable bonds is 1. The number of anilines is 1. The van der Waals surface area contributed by atoms with Gasteiger partial charge in [-0.3, -0.25) is 14.9 Å². The van der Waals surface area contributed by atoms with E-state index in [1.807, 2.05) is 0 Å². The van der Waals surface area contributed by atoms with Gasteiger partial charge in [0.1, 0.15) is 5.41 Å². The standard InChI is InChI=1S/C13H13ClN2O3/c1-7-5-4-6-8(14)9(7)16-11(18)13(2,3)10(17)15-12(16)19/h4-6H,1-3H3,(H,15,17,19). The average Bonchev–Trinajstić information content (AvgIpc) is 2.31. The Morgan fingerprint density at radius 1 is 1.21 bits per heavy atom. The zero-order valence-corrected chi connectivity index (χ0v) is 11.5. The van der Waals surface area contributed by atoms with Crippen molar-refractivity contribution in [1.29, 1.82) is 0 Å². The summed E-state index contributed by atoms with van der Waals surface area (Å²) in [6.07, 6.45) is 0. The first-order chi connectivity index (χ1) is 8.76. The Morgan fingerprint density at radius 2 is 1.84 bits per heavy atom. The number of hydrogen-bond donors (Lipinski definition) is 1. The maximum Gasteiger partial charge on any atom is 0.335 e. The van der Waals surface area contributed by atoms with E-state index in [2.05, 4.69) is 5.32 Å². The molecule has 0 atom stereocenters. The van der Waals surface area contributed by atoms with Crippen LogP contribution in [0, 0.1) is 12.3 Å². The van der Waals surface area contributed by atoms with Crippen LogP contribution in [-0.2, 0) is 9.59 Å². The number of halogens is 1. The highest BCUT2D eigenvalue weighted by Crippen LogP contribution is 2.34. The van der Waals surface area contributed by atoms with Crippen molar-refractivity contribution in [3.63, 3.8) is 0 Å². The number of aryl methyl sites for hydroxylation is 1. The number of nitrogens with one attached hydrogen (secondary N) is 1. The molecule has 0 saturated carbocycles. The van der Waals surface area contributed by atoms with Crippen molar-refractivity contribution in [1.82, 2.24) is 5.32 Å². The van der Waals surface area contributed by atoms with E-state index in [1.165, 1.54) is 13.8 Å². The van der Waals surface area contributed by atoms with Crippen LogP contribution in [0.4, 0.5) is 10.5 Å². The van der Waals surface area contributed by atoms with E-state index in [0.29, 0.717) is 11.3 Å². The van der Waals surface area contributed by atoms with Gasteiger partial charge in [-0.05, 0) is 32.4 Å². The van der Waals surface area contributed by atoms with Crippen LogP contribution in [0.2, 0.25) is 5.02 Å². The molecule has 19 heavy (non-hydrogen) atoms. The second-order valence-corrected chi connectivity index (χ2v) is 5.34. The van der Waals surface area contributed by atoms with Crippen molar-refractivity contribution in [3.05, 3.63) is 28.8 Å². The smallest absolute Gasteiger partial charge is 0.276 e. The van der Waals surface area contributed by atoms with Crippen LogP contribution in [0.3, 0.4) is 0 Å². The number of urea groups is 1. The summed E-state index contributed by atoms with van der Waals surface area (Å²) in [4.78, 5) is 36.9. The van der Waals surface area contributed by atoms with Crippen LogP contribution in [0.15, 0.2) is 18.2 Å². The molecule has 1 aliphatic heterocycles. The van der Waals surface area contributed by atoms with Crippen LogP contribution in [-0.4, -0.2) is 17.8 Å². The number of imide groups is 2. The molecule has 6 heteroatoms. The van der Waals surface area contributed by atoms with Crippen LogP contribution in [0.1, 0.15) is 19.4 Å². The number of para-hydroxylation sites is 1. The quantitative estimate of drug-likeness (QED) is 0.803. The van der Waals surface area contributed by atoms with Gasteiger partial charge in [0.15, 0.2) is 0 Å². The average molecular weight is 281 g/mol. The molecule has 100 valence electrons. The Labute approximate surface area is 115 Å². The number of nitrogens with zero attached hydrogens (tertiary/aromatic N) is 1. The summed E-state index contributed by atoms with van der Waals surface area (Å²) in [5.41, 5.74) is -0.312. The Balaban J connectivity index is 2.58. The SMILES string of the molecule is Cc1cccc(Cl)c1N1C(=O)NC(=O)C(C)(C)C1=O. The molecule has 4 amide bonds. The number of carbonyl (C=O) groups excluding carboxylic acids is 3. The van der Waals surface area contributed by atoms with E-state index in [0.717, 1.165) is 4.90 Å². The summed E-state index contributed by atoms with van der Waals surface area (Å²) >= 11 is 6.06. The molecule has 2 rings (SSSR count). The molecule has 0 aromatic heterocycles. The largest absolute Gasteiger partial charge is 0.335 e. The van der Waals surface area contributed by atoms with Crippen LogP contribution < -0.4 is 10.2 Å². The van der Waals surface area contributed by atoms with Crippen molar-refractivity contribution in [2.75, 3.05) is 4.90 Å². The second kappa shape index (κ2) is 4.35. The normalized spacial score (nSPS) is 18.5. The fraction of sp³-hybridized carbons (Fsp3) is 0.308. The minimum absolute atomic E-state index is 0.286. The van der Waals surface area contributed by atoms with Gasteiger partial charge in [0.25, 0.3) is 0 Å². The van der Waals surface area contributed by atoms with E-state index in [1.54, 1.807) is 25.1 Å². The summed E-state index contributed by atoms with van der Waals surface area (Å²) in [5, 5.41) is 2.46.